The molecule has 1 heterocycles. The van der Waals surface area contributed by atoms with Crippen molar-refractivity contribution in [1.82, 2.24) is 4.90 Å². The van der Waals surface area contributed by atoms with E-state index in [1.165, 1.54) is 11.5 Å². The molecule has 1 unspecified atom stereocenters. The van der Waals surface area contributed by atoms with Crippen LogP contribution in [0.1, 0.15) is 26.0 Å². The number of likely N-dealkylation sites (N-methyl/N-ethyl adjacent to an activating group) is 1. The van der Waals surface area contributed by atoms with Crippen molar-refractivity contribution in [3.05, 3.63) is 24.2 Å². The van der Waals surface area contributed by atoms with Crippen LogP contribution in [0.15, 0.2) is 22.8 Å². The summed E-state index contributed by atoms with van der Waals surface area (Å²) in [6.45, 7) is 6.97. The van der Waals surface area contributed by atoms with Crippen molar-refractivity contribution in [2.75, 3.05) is 24.6 Å². The standard InChI is InChI=1S/C13H24N2OS/c1-3-15(11-13-6-5-8-16-13)12(10-14)7-9-17-4-2/h5-6,8,12H,3-4,7,9-11,14H2,1-2H3. The molecule has 0 aliphatic rings. The van der Waals surface area contributed by atoms with Crippen molar-refractivity contribution >= 4 is 11.8 Å². The molecule has 0 fully saturated rings. The van der Waals surface area contributed by atoms with Crippen molar-refractivity contribution in [3.8, 4) is 0 Å². The van der Waals surface area contributed by atoms with Crippen LogP contribution in [0, 0.1) is 0 Å². The van der Waals surface area contributed by atoms with Gasteiger partial charge in [-0.1, -0.05) is 13.8 Å². The minimum Gasteiger partial charge on any atom is -0.468 e. The van der Waals surface area contributed by atoms with Crippen LogP contribution in [0.3, 0.4) is 0 Å². The molecular weight excluding hydrogens is 232 g/mol. The number of hydrogen-bond acceptors (Lipinski definition) is 4. The molecule has 3 nitrogen and oxygen atoms in total. The van der Waals surface area contributed by atoms with Crippen molar-refractivity contribution in [1.29, 1.82) is 0 Å². The lowest BCUT2D eigenvalue weighted by Gasteiger charge is -2.28. The fourth-order valence-corrected chi connectivity index (χ4v) is 2.64. The van der Waals surface area contributed by atoms with Gasteiger partial charge in [-0.15, -0.1) is 0 Å². The minimum absolute atomic E-state index is 0.462. The van der Waals surface area contributed by atoms with E-state index < -0.39 is 0 Å². The highest BCUT2D eigenvalue weighted by Crippen LogP contribution is 2.13. The highest BCUT2D eigenvalue weighted by atomic mass is 32.2. The van der Waals surface area contributed by atoms with Gasteiger partial charge in [-0.25, -0.2) is 0 Å². The van der Waals surface area contributed by atoms with E-state index in [1.807, 2.05) is 23.9 Å². The summed E-state index contributed by atoms with van der Waals surface area (Å²) >= 11 is 1.98. The molecule has 1 aromatic rings. The van der Waals surface area contributed by atoms with Crippen LogP contribution in [-0.2, 0) is 6.54 Å². The second-order valence-corrected chi connectivity index (χ2v) is 5.41. The van der Waals surface area contributed by atoms with Crippen LogP contribution in [0.2, 0.25) is 0 Å². The van der Waals surface area contributed by atoms with Gasteiger partial charge in [-0.05, 0) is 36.6 Å². The summed E-state index contributed by atoms with van der Waals surface area (Å²) in [6.07, 6.45) is 2.89. The zero-order valence-corrected chi connectivity index (χ0v) is 11.7. The second-order valence-electron chi connectivity index (χ2n) is 4.02. The van der Waals surface area contributed by atoms with Crippen LogP contribution < -0.4 is 5.73 Å². The second kappa shape index (κ2) is 8.61. The Bertz CT molecular complexity index is 277. The van der Waals surface area contributed by atoms with Gasteiger partial charge in [0.05, 0.1) is 12.8 Å². The molecule has 0 aromatic carbocycles. The molecule has 0 aliphatic heterocycles. The van der Waals surface area contributed by atoms with Crippen LogP contribution in [0.4, 0.5) is 0 Å². The third-order valence-corrected chi connectivity index (χ3v) is 3.87. The Balaban J connectivity index is 2.44. The summed E-state index contributed by atoms with van der Waals surface area (Å²) < 4.78 is 5.40. The SMILES string of the molecule is CCSCCC(CN)N(CC)Cc1ccco1. The van der Waals surface area contributed by atoms with Gasteiger partial charge in [0.15, 0.2) is 0 Å². The van der Waals surface area contributed by atoms with Gasteiger partial charge in [-0.2, -0.15) is 11.8 Å². The Morgan fingerprint density at radius 3 is 2.82 bits per heavy atom. The zero-order chi connectivity index (χ0) is 12.5. The molecule has 1 atom stereocenters. The Morgan fingerprint density at radius 1 is 1.47 bits per heavy atom. The number of rotatable bonds is 9. The van der Waals surface area contributed by atoms with Crippen LogP contribution >= 0.6 is 11.8 Å². The molecule has 2 N–H and O–H groups in total. The van der Waals surface area contributed by atoms with Gasteiger partial charge in [0.25, 0.3) is 0 Å². The molecule has 4 heteroatoms. The maximum Gasteiger partial charge on any atom is 0.117 e. The van der Waals surface area contributed by atoms with E-state index in [2.05, 4.69) is 18.7 Å². The summed E-state index contributed by atoms with van der Waals surface area (Å²) in [5.74, 6) is 3.39. The number of nitrogens with zero attached hydrogens (tertiary/aromatic N) is 1. The largest absolute Gasteiger partial charge is 0.468 e. The van der Waals surface area contributed by atoms with Crippen LogP contribution in [-0.4, -0.2) is 35.5 Å². The average Bonchev–Trinajstić information content (AvgIpc) is 2.85. The van der Waals surface area contributed by atoms with Gasteiger partial charge in [0, 0.05) is 12.6 Å². The molecular formula is C13H24N2OS. The lowest BCUT2D eigenvalue weighted by molar-refractivity contribution is 0.183. The molecule has 1 rings (SSSR count). The van der Waals surface area contributed by atoms with E-state index in [-0.39, 0.29) is 0 Å². The maximum atomic E-state index is 5.88. The van der Waals surface area contributed by atoms with E-state index in [9.17, 15) is 0 Å². The molecule has 1 aromatic heterocycles. The number of thioether (sulfide) groups is 1. The first-order valence-corrected chi connectivity index (χ1v) is 7.51. The third kappa shape index (κ3) is 5.15. The Hall–Kier alpha value is -0.450. The molecule has 98 valence electrons. The number of nitrogens with two attached hydrogens (primary N) is 1. The highest BCUT2D eigenvalue weighted by molar-refractivity contribution is 7.99. The summed E-state index contributed by atoms with van der Waals surface area (Å²) in [5.41, 5.74) is 5.88. The Kier molecular flexibility index (Phi) is 7.40. The normalized spacial score (nSPS) is 13.2. The summed E-state index contributed by atoms with van der Waals surface area (Å²) in [5, 5.41) is 0. The van der Waals surface area contributed by atoms with Gasteiger partial charge in [0.2, 0.25) is 0 Å². The number of furan rings is 1. The predicted octanol–water partition coefficient (Wildman–Crippen LogP) is 2.57. The van der Waals surface area contributed by atoms with Crippen molar-refractivity contribution in [2.45, 2.75) is 32.9 Å². The van der Waals surface area contributed by atoms with E-state index >= 15 is 0 Å². The van der Waals surface area contributed by atoms with E-state index in [1.54, 1.807) is 6.26 Å². The molecule has 0 radical (unpaired) electrons. The first-order valence-electron chi connectivity index (χ1n) is 6.36. The smallest absolute Gasteiger partial charge is 0.117 e. The van der Waals surface area contributed by atoms with Gasteiger partial charge >= 0.3 is 0 Å². The third-order valence-electron chi connectivity index (χ3n) is 2.93. The molecule has 17 heavy (non-hydrogen) atoms. The van der Waals surface area contributed by atoms with E-state index in [0.717, 1.165) is 31.8 Å². The van der Waals surface area contributed by atoms with Crippen molar-refractivity contribution < 1.29 is 4.42 Å². The Morgan fingerprint density at radius 2 is 2.29 bits per heavy atom. The molecule has 0 aliphatic carbocycles. The lowest BCUT2D eigenvalue weighted by Crippen LogP contribution is -2.40. The lowest BCUT2D eigenvalue weighted by atomic mass is 10.2. The number of hydrogen-bond donors (Lipinski definition) is 1. The molecule has 0 saturated heterocycles. The van der Waals surface area contributed by atoms with Crippen molar-refractivity contribution in [2.24, 2.45) is 5.73 Å². The first-order chi connectivity index (χ1) is 8.31. The molecule has 0 bridgehead atoms. The van der Waals surface area contributed by atoms with Crippen molar-refractivity contribution in [3.63, 3.8) is 0 Å². The van der Waals surface area contributed by atoms with Gasteiger partial charge < -0.3 is 10.2 Å². The van der Waals surface area contributed by atoms with E-state index in [4.69, 9.17) is 10.2 Å². The summed E-state index contributed by atoms with van der Waals surface area (Å²) in [4.78, 5) is 2.40. The van der Waals surface area contributed by atoms with Gasteiger partial charge in [0.1, 0.15) is 5.76 Å². The Labute approximate surface area is 109 Å². The topological polar surface area (TPSA) is 42.4 Å². The first kappa shape index (κ1) is 14.6. The van der Waals surface area contributed by atoms with Crippen LogP contribution in [0.5, 0.6) is 0 Å². The monoisotopic (exact) mass is 256 g/mol. The molecule has 0 amide bonds. The summed E-state index contributed by atoms with van der Waals surface area (Å²) in [7, 11) is 0. The maximum absolute atomic E-state index is 5.88. The zero-order valence-electron chi connectivity index (χ0n) is 10.9. The van der Waals surface area contributed by atoms with Gasteiger partial charge in [-0.3, -0.25) is 4.90 Å². The van der Waals surface area contributed by atoms with E-state index in [0.29, 0.717) is 6.04 Å². The molecule has 0 spiro atoms. The highest BCUT2D eigenvalue weighted by Gasteiger charge is 2.16. The summed E-state index contributed by atoms with van der Waals surface area (Å²) in [6, 6.07) is 4.43. The fourth-order valence-electron chi connectivity index (χ4n) is 1.92. The fraction of sp³-hybridized carbons (Fsp3) is 0.692. The van der Waals surface area contributed by atoms with Crippen LogP contribution in [0.25, 0.3) is 0 Å². The predicted molar refractivity (Wildman–Crippen MR) is 75.3 cm³/mol. The quantitative estimate of drug-likeness (QED) is 0.690. The minimum atomic E-state index is 0.462. The molecule has 0 saturated carbocycles. The average molecular weight is 256 g/mol.